The molecule has 0 fully saturated rings. The average molecular weight is 201 g/mol. The van der Waals surface area contributed by atoms with Crippen LogP contribution in [0.4, 0.5) is 0 Å². The molecule has 0 aromatic carbocycles. The molecule has 1 aromatic rings. The molecule has 0 radical (unpaired) electrons. The van der Waals surface area contributed by atoms with Gasteiger partial charge < -0.3 is 9.30 Å². The number of nitrogens with zero attached hydrogens (tertiary/aromatic N) is 1. The summed E-state index contributed by atoms with van der Waals surface area (Å²) < 4.78 is 7.02. The molecule has 3 nitrogen and oxygen atoms in total. The van der Waals surface area contributed by atoms with E-state index in [1.54, 1.807) is 16.1 Å². The predicted molar refractivity (Wildman–Crippen MR) is 54.3 cm³/mol. The van der Waals surface area contributed by atoms with Crippen molar-refractivity contribution in [1.82, 2.24) is 4.57 Å². The lowest BCUT2D eigenvalue weighted by Gasteiger charge is -2.02. The maximum Gasteiger partial charge on any atom is 0.307 e. The highest BCUT2D eigenvalue weighted by Gasteiger charge is 1.95. The van der Waals surface area contributed by atoms with Crippen molar-refractivity contribution in [3.05, 3.63) is 21.2 Å². The van der Waals surface area contributed by atoms with E-state index in [4.69, 9.17) is 4.74 Å². The first-order chi connectivity index (χ1) is 6.34. The van der Waals surface area contributed by atoms with Crippen molar-refractivity contribution in [3.63, 3.8) is 0 Å². The molecule has 0 aliphatic rings. The number of ether oxygens (including phenoxy) is 1. The van der Waals surface area contributed by atoms with Gasteiger partial charge in [-0.25, -0.2) is 0 Å². The molecule has 74 valence electrons. The summed E-state index contributed by atoms with van der Waals surface area (Å²) in [6, 6.07) is 0. The zero-order chi connectivity index (χ0) is 9.52. The summed E-state index contributed by atoms with van der Waals surface area (Å²) in [5.74, 6) is 0. The predicted octanol–water partition coefficient (Wildman–Crippen LogP) is 1.73. The van der Waals surface area contributed by atoms with Gasteiger partial charge in [-0.05, 0) is 6.42 Å². The Morgan fingerprint density at radius 3 is 3.00 bits per heavy atom. The van der Waals surface area contributed by atoms with E-state index in [1.807, 2.05) is 0 Å². The van der Waals surface area contributed by atoms with Gasteiger partial charge in [0, 0.05) is 24.7 Å². The Morgan fingerprint density at radius 1 is 1.54 bits per heavy atom. The molecule has 0 saturated heterocycles. The zero-order valence-corrected chi connectivity index (χ0v) is 8.68. The third-order valence-corrected chi connectivity index (χ3v) is 2.46. The summed E-state index contributed by atoms with van der Waals surface area (Å²) in [5.41, 5.74) is 0. The highest BCUT2D eigenvalue weighted by atomic mass is 32.1. The van der Waals surface area contributed by atoms with Crippen LogP contribution in [0.3, 0.4) is 0 Å². The maximum atomic E-state index is 11.1. The average Bonchev–Trinajstić information content (AvgIpc) is 2.52. The smallest absolute Gasteiger partial charge is 0.307 e. The van der Waals surface area contributed by atoms with Crippen molar-refractivity contribution < 1.29 is 4.74 Å². The molecule has 0 spiro atoms. The highest BCUT2D eigenvalue weighted by Crippen LogP contribution is 1.91. The van der Waals surface area contributed by atoms with Crippen LogP contribution in [0.15, 0.2) is 16.4 Å². The van der Waals surface area contributed by atoms with Crippen LogP contribution in [0.5, 0.6) is 0 Å². The Bertz CT molecular complexity index is 279. The van der Waals surface area contributed by atoms with Gasteiger partial charge in [0.05, 0.1) is 6.61 Å². The number of thiazole rings is 1. The SMILES string of the molecule is CCCCOCCn1ccsc1=O. The van der Waals surface area contributed by atoms with Crippen LogP contribution < -0.4 is 4.87 Å². The fraction of sp³-hybridized carbons (Fsp3) is 0.667. The molecule has 0 bridgehead atoms. The molecule has 1 rings (SSSR count). The van der Waals surface area contributed by atoms with E-state index in [0.717, 1.165) is 19.4 Å². The topological polar surface area (TPSA) is 31.2 Å². The van der Waals surface area contributed by atoms with Crippen LogP contribution in [0.1, 0.15) is 19.8 Å². The lowest BCUT2D eigenvalue weighted by molar-refractivity contribution is 0.123. The van der Waals surface area contributed by atoms with Crippen LogP contribution in [0.2, 0.25) is 0 Å². The first-order valence-electron chi connectivity index (χ1n) is 4.56. The van der Waals surface area contributed by atoms with Crippen molar-refractivity contribution in [2.75, 3.05) is 13.2 Å². The lowest BCUT2D eigenvalue weighted by Crippen LogP contribution is -2.15. The number of hydrogen-bond acceptors (Lipinski definition) is 3. The molecular formula is C9H15NO2S. The molecule has 0 saturated carbocycles. The van der Waals surface area contributed by atoms with Crippen LogP contribution in [-0.4, -0.2) is 17.8 Å². The largest absolute Gasteiger partial charge is 0.380 e. The van der Waals surface area contributed by atoms with Gasteiger partial charge in [0.15, 0.2) is 0 Å². The van der Waals surface area contributed by atoms with Gasteiger partial charge in [-0.15, -0.1) is 0 Å². The van der Waals surface area contributed by atoms with Crippen molar-refractivity contribution in [2.45, 2.75) is 26.3 Å². The van der Waals surface area contributed by atoms with E-state index in [0.29, 0.717) is 13.2 Å². The first kappa shape index (κ1) is 10.5. The maximum absolute atomic E-state index is 11.1. The minimum Gasteiger partial charge on any atom is -0.380 e. The Labute approximate surface area is 82.0 Å². The van der Waals surface area contributed by atoms with Gasteiger partial charge in [-0.1, -0.05) is 24.7 Å². The van der Waals surface area contributed by atoms with Gasteiger partial charge in [0.25, 0.3) is 0 Å². The van der Waals surface area contributed by atoms with E-state index in [2.05, 4.69) is 6.92 Å². The molecule has 0 atom stereocenters. The van der Waals surface area contributed by atoms with Crippen LogP contribution in [0, 0.1) is 0 Å². The summed E-state index contributed by atoms with van der Waals surface area (Å²) in [6.07, 6.45) is 4.05. The second kappa shape index (κ2) is 5.94. The van der Waals surface area contributed by atoms with Gasteiger partial charge in [0.1, 0.15) is 0 Å². The van der Waals surface area contributed by atoms with Gasteiger partial charge in [-0.3, -0.25) is 4.79 Å². The second-order valence-electron chi connectivity index (χ2n) is 2.83. The molecule has 0 aliphatic heterocycles. The van der Waals surface area contributed by atoms with Crippen LogP contribution >= 0.6 is 11.3 Å². The minimum absolute atomic E-state index is 0.0964. The fourth-order valence-corrected chi connectivity index (χ4v) is 1.58. The summed E-state index contributed by atoms with van der Waals surface area (Å²) in [5, 5.41) is 1.80. The van der Waals surface area contributed by atoms with Crippen molar-refractivity contribution in [1.29, 1.82) is 0 Å². The van der Waals surface area contributed by atoms with E-state index < -0.39 is 0 Å². The zero-order valence-electron chi connectivity index (χ0n) is 7.86. The lowest BCUT2D eigenvalue weighted by atomic mass is 10.4. The summed E-state index contributed by atoms with van der Waals surface area (Å²) >= 11 is 1.22. The molecule has 1 heterocycles. The van der Waals surface area contributed by atoms with Gasteiger partial charge in [0.2, 0.25) is 0 Å². The number of rotatable bonds is 6. The molecule has 1 aromatic heterocycles. The molecule has 4 heteroatoms. The van der Waals surface area contributed by atoms with E-state index in [1.165, 1.54) is 11.3 Å². The van der Waals surface area contributed by atoms with E-state index in [9.17, 15) is 4.79 Å². The second-order valence-corrected chi connectivity index (χ2v) is 3.69. The van der Waals surface area contributed by atoms with E-state index in [-0.39, 0.29) is 4.87 Å². The quantitative estimate of drug-likeness (QED) is 0.656. The van der Waals surface area contributed by atoms with Crippen molar-refractivity contribution in [3.8, 4) is 0 Å². The van der Waals surface area contributed by atoms with Crippen LogP contribution in [-0.2, 0) is 11.3 Å². The Balaban J connectivity index is 2.13. The molecule has 13 heavy (non-hydrogen) atoms. The normalized spacial score (nSPS) is 10.5. The van der Waals surface area contributed by atoms with Crippen molar-refractivity contribution in [2.24, 2.45) is 0 Å². The molecule has 0 amide bonds. The highest BCUT2D eigenvalue weighted by molar-refractivity contribution is 7.07. The summed E-state index contributed by atoms with van der Waals surface area (Å²) in [6.45, 7) is 4.24. The van der Waals surface area contributed by atoms with Crippen molar-refractivity contribution >= 4 is 11.3 Å². The molecule has 0 unspecified atom stereocenters. The van der Waals surface area contributed by atoms with E-state index >= 15 is 0 Å². The van der Waals surface area contributed by atoms with Gasteiger partial charge in [-0.2, -0.15) is 0 Å². The first-order valence-corrected chi connectivity index (χ1v) is 5.44. The number of hydrogen-bond donors (Lipinski definition) is 0. The number of unbranched alkanes of at least 4 members (excludes halogenated alkanes) is 1. The van der Waals surface area contributed by atoms with Crippen LogP contribution in [0.25, 0.3) is 0 Å². The minimum atomic E-state index is 0.0964. The monoisotopic (exact) mass is 201 g/mol. The Kier molecular flexibility index (Phi) is 4.78. The molecular weight excluding hydrogens is 186 g/mol. The third-order valence-electron chi connectivity index (χ3n) is 1.76. The third kappa shape index (κ3) is 3.74. The standard InChI is InChI=1S/C9H15NO2S/c1-2-3-6-12-7-4-10-5-8-13-9(10)11/h5,8H,2-4,6-7H2,1H3. The summed E-state index contributed by atoms with van der Waals surface area (Å²) in [7, 11) is 0. The molecule has 0 N–H and O–H groups in total. The Hall–Kier alpha value is -0.610. The van der Waals surface area contributed by atoms with Gasteiger partial charge >= 0.3 is 4.87 Å². The molecule has 0 aliphatic carbocycles. The Morgan fingerprint density at radius 2 is 2.38 bits per heavy atom. The number of aromatic nitrogens is 1. The fourth-order valence-electron chi connectivity index (χ4n) is 0.968. The summed E-state index contributed by atoms with van der Waals surface area (Å²) in [4.78, 5) is 11.2.